The lowest BCUT2D eigenvalue weighted by Gasteiger charge is -2.22. The van der Waals surface area contributed by atoms with Crippen LogP contribution in [0.4, 0.5) is 0 Å². The van der Waals surface area contributed by atoms with E-state index in [1.165, 1.54) is 38.8 Å². The number of esters is 2. The van der Waals surface area contributed by atoms with Crippen LogP contribution in [-0.2, 0) is 20.7 Å². The molecule has 3 unspecified atom stereocenters. The average molecular weight is 485 g/mol. The van der Waals surface area contributed by atoms with Gasteiger partial charge in [-0.3, -0.25) is 9.59 Å². The summed E-state index contributed by atoms with van der Waals surface area (Å²) in [5.74, 6) is -1.32. The maximum atomic E-state index is 12.7. The Kier molecular flexibility index (Phi) is 11.2. The number of ether oxygens (including phenoxy) is 3. The van der Waals surface area contributed by atoms with Crippen LogP contribution in [0.25, 0.3) is 0 Å². The Morgan fingerprint density at radius 1 is 1.09 bits per heavy atom. The number of benzene rings is 1. The van der Waals surface area contributed by atoms with E-state index < -0.39 is 23.9 Å². The third kappa shape index (κ3) is 9.03. The fourth-order valence-electron chi connectivity index (χ4n) is 3.87. The van der Waals surface area contributed by atoms with Gasteiger partial charge in [0.2, 0.25) is 5.75 Å². The van der Waals surface area contributed by atoms with Crippen molar-refractivity contribution in [2.45, 2.75) is 71.9 Å². The molecular weight excluding hydrogens is 448 g/mol. The largest absolute Gasteiger partial charge is 0.493 e. The minimum Gasteiger partial charge on any atom is -0.493 e. The first-order valence-electron chi connectivity index (χ1n) is 12.0. The van der Waals surface area contributed by atoms with Crippen LogP contribution in [0.3, 0.4) is 0 Å². The van der Waals surface area contributed by atoms with E-state index in [9.17, 15) is 14.4 Å². The normalized spacial score (nSPS) is 13.3. The lowest BCUT2D eigenvalue weighted by molar-refractivity contribution is -0.150. The number of methoxy groups -OCH3 is 1. The van der Waals surface area contributed by atoms with Crippen LogP contribution in [-0.4, -0.2) is 42.1 Å². The van der Waals surface area contributed by atoms with Gasteiger partial charge in [0, 0.05) is 19.2 Å². The number of hydrogen-bond acceptors (Lipinski definition) is 7. The highest BCUT2D eigenvalue weighted by Crippen LogP contribution is 2.29. The van der Waals surface area contributed by atoms with E-state index in [4.69, 9.17) is 14.2 Å². The molecule has 0 bridgehead atoms. The van der Waals surface area contributed by atoms with E-state index in [2.05, 4.69) is 41.5 Å². The monoisotopic (exact) mass is 484 g/mol. The molecule has 2 aromatic rings. The van der Waals surface area contributed by atoms with Gasteiger partial charge in [-0.25, -0.2) is 9.78 Å². The van der Waals surface area contributed by atoms with Gasteiger partial charge in [0.15, 0.2) is 11.4 Å². The Morgan fingerprint density at radius 3 is 2.43 bits per heavy atom. The maximum Gasteiger partial charge on any atom is 0.328 e. The van der Waals surface area contributed by atoms with Crippen LogP contribution in [0.5, 0.6) is 11.5 Å². The molecule has 0 aliphatic carbocycles. The van der Waals surface area contributed by atoms with Crippen molar-refractivity contribution in [3.63, 3.8) is 0 Å². The average Bonchev–Trinajstić information content (AvgIpc) is 2.83. The van der Waals surface area contributed by atoms with Crippen molar-refractivity contribution in [1.29, 1.82) is 0 Å². The molecule has 1 heterocycles. The number of rotatable bonds is 13. The molecule has 1 amide bonds. The molecule has 8 nitrogen and oxygen atoms in total. The van der Waals surface area contributed by atoms with Gasteiger partial charge in [-0.2, -0.15) is 0 Å². The molecule has 0 aliphatic rings. The summed E-state index contributed by atoms with van der Waals surface area (Å²) in [5.41, 5.74) is 1.17. The number of aryl methyl sites for hydroxylation is 1. The van der Waals surface area contributed by atoms with Crippen molar-refractivity contribution in [3.05, 3.63) is 53.9 Å². The van der Waals surface area contributed by atoms with Crippen LogP contribution in [0.1, 0.15) is 69.4 Å². The number of hydrogen-bond donors (Lipinski definition) is 1. The quantitative estimate of drug-likeness (QED) is 0.417. The highest BCUT2D eigenvalue weighted by Gasteiger charge is 2.26. The van der Waals surface area contributed by atoms with E-state index in [0.717, 1.165) is 32.1 Å². The van der Waals surface area contributed by atoms with Crippen LogP contribution in [0.15, 0.2) is 42.6 Å². The summed E-state index contributed by atoms with van der Waals surface area (Å²) in [4.78, 5) is 40.8. The number of nitrogens with one attached hydrogen (secondary N) is 1. The Labute approximate surface area is 207 Å². The zero-order valence-corrected chi connectivity index (χ0v) is 21.2. The second-order valence-corrected chi connectivity index (χ2v) is 8.62. The Hall–Kier alpha value is -3.42. The fourth-order valence-corrected chi connectivity index (χ4v) is 3.87. The number of carbonyl (C=O) groups is 3. The standard InChI is InChI=1S/C27H36N2O6/c1-6-21(13-10-14-22-11-8-7-9-12-22)17-18(2)34-27(32)19(3)29-26(31)24-25(35-20(4)30)23(33-5)15-16-28-24/h7-9,11-12,15-16,18-19,21H,6,10,13-14,17H2,1-5H3,(H,29,31). The molecule has 0 spiro atoms. The van der Waals surface area contributed by atoms with E-state index >= 15 is 0 Å². The van der Waals surface area contributed by atoms with Gasteiger partial charge in [0.05, 0.1) is 13.2 Å². The first kappa shape index (κ1) is 27.8. The van der Waals surface area contributed by atoms with Crippen molar-refractivity contribution >= 4 is 17.8 Å². The second-order valence-electron chi connectivity index (χ2n) is 8.62. The number of carbonyl (C=O) groups excluding carboxylic acids is 3. The van der Waals surface area contributed by atoms with Gasteiger partial charge < -0.3 is 19.5 Å². The third-order valence-corrected chi connectivity index (χ3v) is 5.73. The predicted octanol–water partition coefficient (Wildman–Crippen LogP) is 4.50. The molecule has 2 rings (SSSR count). The zero-order valence-electron chi connectivity index (χ0n) is 21.2. The van der Waals surface area contributed by atoms with Crippen LogP contribution >= 0.6 is 0 Å². The molecule has 3 atom stereocenters. The molecule has 8 heteroatoms. The zero-order chi connectivity index (χ0) is 25.8. The van der Waals surface area contributed by atoms with Crippen molar-refractivity contribution < 1.29 is 28.6 Å². The van der Waals surface area contributed by atoms with Gasteiger partial charge in [-0.15, -0.1) is 0 Å². The number of aromatic nitrogens is 1. The highest BCUT2D eigenvalue weighted by atomic mass is 16.6. The summed E-state index contributed by atoms with van der Waals surface area (Å²) < 4.78 is 15.9. The van der Waals surface area contributed by atoms with Crippen molar-refractivity contribution in [1.82, 2.24) is 10.3 Å². The Balaban J connectivity index is 1.88. The molecule has 190 valence electrons. The lowest BCUT2D eigenvalue weighted by Crippen LogP contribution is -2.41. The summed E-state index contributed by atoms with van der Waals surface area (Å²) >= 11 is 0. The van der Waals surface area contributed by atoms with Gasteiger partial charge in [-0.05, 0) is 44.6 Å². The fraction of sp³-hybridized carbons (Fsp3) is 0.481. The minimum atomic E-state index is -0.915. The van der Waals surface area contributed by atoms with E-state index in [1.54, 1.807) is 0 Å². The molecule has 1 N–H and O–H groups in total. The van der Waals surface area contributed by atoms with Gasteiger partial charge in [0.25, 0.3) is 5.91 Å². The van der Waals surface area contributed by atoms with Gasteiger partial charge in [0.1, 0.15) is 6.04 Å². The van der Waals surface area contributed by atoms with E-state index in [0.29, 0.717) is 5.92 Å². The van der Waals surface area contributed by atoms with Gasteiger partial charge >= 0.3 is 11.9 Å². The van der Waals surface area contributed by atoms with Crippen LogP contribution in [0, 0.1) is 5.92 Å². The Bertz CT molecular complexity index is 979. The molecule has 0 saturated carbocycles. The van der Waals surface area contributed by atoms with E-state index in [-0.39, 0.29) is 23.3 Å². The van der Waals surface area contributed by atoms with E-state index in [1.807, 2.05) is 13.0 Å². The topological polar surface area (TPSA) is 104 Å². The molecule has 1 aromatic carbocycles. The molecule has 1 aromatic heterocycles. The maximum absolute atomic E-state index is 12.7. The molecule has 35 heavy (non-hydrogen) atoms. The smallest absolute Gasteiger partial charge is 0.328 e. The van der Waals surface area contributed by atoms with Crippen LogP contribution < -0.4 is 14.8 Å². The highest BCUT2D eigenvalue weighted by molar-refractivity contribution is 5.98. The van der Waals surface area contributed by atoms with Crippen molar-refractivity contribution in [3.8, 4) is 11.5 Å². The number of nitrogens with zero attached hydrogens (tertiary/aromatic N) is 1. The summed E-state index contributed by atoms with van der Waals surface area (Å²) in [5, 5.41) is 2.56. The molecule has 0 radical (unpaired) electrons. The van der Waals surface area contributed by atoms with Crippen LogP contribution in [0.2, 0.25) is 0 Å². The van der Waals surface area contributed by atoms with Crippen molar-refractivity contribution in [2.24, 2.45) is 5.92 Å². The number of pyridine rings is 1. The predicted molar refractivity (Wildman–Crippen MR) is 132 cm³/mol. The summed E-state index contributed by atoms with van der Waals surface area (Å²) in [7, 11) is 1.39. The Morgan fingerprint density at radius 2 is 1.80 bits per heavy atom. The summed E-state index contributed by atoms with van der Waals surface area (Å²) in [6.45, 7) is 6.76. The second kappa shape index (κ2) is 14.1. The number of amides is 1. The summed E-state index contributed by atoms with van der Waals surface area (Å²) in [6, 6.07) is 10.9. The lowest BCUT2D eigenvalue weighted by atomic mass is 9.92. The first-order chi connectivity index (χ1) is 16.7. The summed E-state index contributed by atoms with van der Waals surface area (Å²) in [6.07, 6.45) is 6.00. The molecule has 0 fully saturated rings. The minimum absolute atomic E-state index is 0.102. The first-order valence-corrected chi connectivity index (χ1v) is 12.0. The van der Waals surface area contributed by atoms with Crippen molar-refractivity contribution in [2.75, 3.05) is 7.11 Å². The molecule has 0 aliphatic heterocycles. The third-order valence-electron chi connectivity index (χ3n) is 5.73. The molecule has 0 saturated heterocycles. The molecular formula is C27H36N2O6. The SMILES string of the molecule is CCC(CCCc1ccccc1)CC(C)OC(=O)C(C)NC(=O)c1nccc(OC)c1OC(C)=O. The van der Waals surface area contributed by atoms with Gasteiger partial charge in [-0.1, -0.05) is 50.1 Å².